The summed E-state index contributed by atoms with van der Waals surface area (Å²) in [6, 6.07) is 10.2. The highest BCUT2D eigenvalue weighted by atomic mass is 35.5. The average molecular weight is 657 g/mol. The molecule has 8 nitrogen and oxygen atoms in total. The summed E-state index contributed by atoms with van der Waals surface area (Å²) in [6.45, 7) is 4.58. The third-order valence-electron chi connectivity index (χ3n) is 7.80. The highest BCUT2D eigenvalue weighted by Crippen LogP contribution is 2.41. The molecule has 45 heavy (non-hydrogen) atoms. The van der Waals surface area contributed by atoms with Gasteiger partial charge in [-0.05, 0) is 48.0 Å². The summed E-state index contributed by atoms with van der Waals surface area (Å²) in [5.41, 5.74) is 0.0447. The first-order valence-corrected chi connectivity index (χ1v) is 14.6. The van der Waals surface area contributed by atoms with E-state index in [-0.39, 0.29) is 70.9 Å². The number of benzene rings is 3. The Balaban J connectivity index is 1.33. The lowest BCUT2D eigenvalue weighted by Gasteiger charge is -2.28. The lowest BCUT2D eigenvalue weighted by atomic mass is 9.87. The fraction of sp³-hybridized carbons (Fsp3) is 0.250. The second kappa shape index (κ2) is 12.0. The molecule has 1 saturated heterocycles. The van der Waals surface area contributed by atoms with Gasteiger partial charge < -0.3 is 19.1 Å². The van der Waals surface area contributed by atoms with Gasteiger partial charge in [0.15, 0.2) is 5.82 Å². The van der Waals surface area contributed by atoms with E-state index >= 15 is 13.2 Å². The van der Waals surface area contributed by atoms with E-state index in [1.165, 1.54) is 18.3 Å². The van der Waals surface area contributed by atoms with Crippen LogP contribution in [0.4, 0.5) is 13.2 Å². The Kier molecular flexibility index (Phi) is 8.19. The number of aromatic carboxylic acids is 1. The van der Waals surface area contributed by atoms with Crippen molar-refractivity contribution in [3.8, 4) is 17.3 Å². The van der Waals surface area contributed by atoms with Crippen LogP contribution in [0.25, 0.3) is 22.3 Å². The number of carbonyl (C=O) groups is 1. The number of ether oxygens (including phenoxy) is 2. The van der Waals surface area contributed by atoms with Crippen molar-refractivity contribution in [3.05, 3.63) is 105 Å². The van der Waals surface area contributed by atoms with E-state index < -0.39 is 28.8 Å². The summed E-state index contributed by atoms with van der Waals surface area (Å²) >= 11 is 12.1. The summed E-state index contributed by atoms with van der Waals surface area (Å²) in [6.07, 6.45) is 1.16. The SMILES string of the molecule is CC1(C)COC[C@H]1n1c(Cc2cc(F)c(-c3ccnc(OCc4ccc(Cl)cc4Cl)n3)cc2F)nc2c(F)cc(C(=O)O)cc21. The van der Waals surface area contributed by atoms with Gasteiger partial charge in [0.2, 0.25) is 0 Å². The zero-order valence-electron chi connectivity index (χ0n) is 24.0. The molecule has 0 amide bonds. The molecular weight excluding hydrogens is 632 g/mol. The maximum atomic E-state index is 15.6. The quantitative estimate of drug-likeness (QED) is 0.183. The van der Waals surface area contributed by atoms with Gasteiger partial charge in [-0.3, -0.25) is 0 Å². The van der Waals surface area contributed by atoms with Crippen molar-refractivity contribution in [3.63, 3.8) is 0 Å². The van der Waals surface area contributed by atoms with Gasteiger partial charge in [0.25, 0.3) is 0 Å². The molecule has 13 heteroatoms. The molecule has 1 aliphatic heterocycles. The Bertz CT molecular complexity index is 1970. The third-order valence-corrected chi connectivity index (χ3v) is 8.39. The summed E-state index contributed by atoms with van der Waals surface area (Å²) in [7, 11) is 0. The summed E-state index contributed by atoms with van der Waals surface area (Å²) in [5, 5.41) is 10.4. The number of imidazole rings is 1. The van der Waals surface area contributed by atoms with Crippen LogP contribution >= 0.6 is 23.2 Å². The number of hydrogen-bond donors (Lipinski definition) is 1. The van der Waals surface area contributed by atoms with Crippen LogP contribution in [-0.2, 0) is 17.8 Å². The number of carboxylic acid groups (broad SMARTS) is 1. The van der Waals surface area contributed by atoms with E-state index in [0.29, 0.717) is 22.2 Å². The van der Waals surface area contributed by atoms with Crippen molar-refractivity contribution < 1.29 is 32.5 Å². The van der Waals surface area contributed by atoms with Crippen molar-refractivity contribution in [1.82, 2.24) is 19.5 Å². The van der Waals surface area contributed by atoms with E-state index in [4.69, 9.17) is 32.7 Å². The lowest BCUT2D eigenvalue weighted by Crippen LogP contribution is -2.27. The number of nitrogens with zero attached hydrogens (tertiary/aromatic N) is 4. The number of halogens is 5. The molecule has 0 radical (unpaired) electrons. The molecular formula is C32H25Cl2F3N4O4. The van der Waals surface area contributed by atoms with Gasteiger partial charge >= 0.3 is 12.0 Å². The van der Waals surface area contributed by atoms with Crippen molar-refractivity contribution in [2.24, 2.45) is 5.41 Å². The number of fused-ring (bicyclic) bond motifs is 1. The minimum atomic E-state index is -1.30. The van der Waals surface area contributed by atoms with Crippen LogP contribution in [-0.4, -0.2) is 43.8 Å². The standard InChI is InChI=1S/C32H25Cl2F3N4O4/c1-32(2)15-44-14-27(32)41-26-9-18(30(42)43)8-24(37)29(26)40-28(41)10-17-7-23(36)20(12-22(17)35)25-5-6-38-31(39-25)45-13-16-3-4-19(33)11-21(16)34/h3-9,11-12,27H,10,13-15H2,1-2H3,(H,42,43)/t27-/m1/s1. The maximum absolute atomic E-state index is 15.6. The number of carboxylic acids is 1. The first kappa shape index (κ1) is 30.8. The highest BCUT2D eigenvalue weighted by Gasteiger charge is 2.39. The number of aromatic nitrogens is 4. The van der Waals surface area contributed by atoms with Gasteiger partial charge in [0.05, 0.1) is 36.0 Å². The molecule has 5 aromatic rings. The van der Waals surface area contributed by atoms with Crippen LogP contribution in [0.2, 0.25) is 10.0 Å². The van der Waals surface area contributed by atoms with E-state index in [1.807, 2.05) is 13.8 Å². The van der Waals surface area contributed by atoms with Gasteiger partial charge in [-0.15, -0.1) is 0 Å². The normalized spacial score (nSPS) is 15.9. The van der Waals surface area contributed by atoms with Crippen LogP contribution in [0.5, 0.6) is 6.01 Å². The van der Waals surface area contributed by atoms with Crippen molar-refractivity contribution in [2.45, 2.75) is 32.9 Å². The summed E-state index contributed by atoms with van der Waals surface area (Å²) in [4.78, 5) is 24.4. The number of hydrogen-bond acceptors (Lipinski definition) is 6. The Morgan fingerprint density at radius 1 is 1.04 bits per heavy atom. The van der Waals surface area contributed by atoms with Gasteiger partial charge in [0.1, 0.15) is 29.6 Å². The van der Waals surface area contributed by atoms with Crippen molar-refractivity contribution in [1.29, 1.82) is 0 Å². The topological polar surface area (TPSA) is 99.4 Å². The molecule has 1 atom stereocenters. The Hall–Kier alpha value is -4.19. The first-order valence-electron chi connectivity index (χ1n) is 13.8. The van der Waals surface area contributed by atoms with Crippen LogP contribution in [0, 0.1) is 22.9 Å². The Labute approximate surface area is 265 Å². The van der Waals surface area contributed by atoms with Crippen molar-refractivity contribution in [2.75, 3.05) is 13.2 Å². The molecule has 2 aromatic heterocycles. The molecule has 3 aromatic carbocycles. The van der Waals surface area contributed by atoms with E-state index in [0.717, 1.165) is 18.2 Å². The number of rotatable bonds is 8. The molecule has 3 heterocycles. The largest absolute Gasteiger partial charge is 0.478 e. The van der Waals surface area contributed by atoms with Crippen molar-refractivity contribution >= 4 is 40.2 Å². The summed E-state index contributed by atoms with van der Waals surface area (Å²) < 4.78 is 59.3. The van der Waals surface area contributed by atoms with E-state index in [1.54, 1.807) is 22.8 Å². The highest BCUT2D eigenvalue weighted by molar-refractivity contribution is 6.35. The minimum Gasteiger partial charge on any atom is -0.478 e. The molecule has 1 fully saturated rings. The fourth-order valence-corrected chi connectivity index (χ4v) is 5.87. The van der Waals surface area contributed by atoms with E-state index in [9.17, 15) is 9.90 Å². The molecule has 0 bridgehead atoms. The van der Waals surface area contributed by atoms with E-state index in [2.05, 4.69) is 15.0 Å². The molecule has 0 saturated carbocycles. The fourth-order valence-electron chi connectivity index (χ4n) is 5.41. The second-order valence-electron chi connectivity index (χ2n) is 11.4. The third kappa shape index (κ3) is 6.07. The zero-order chi connectivity index (χ0) is 32.0. The Morgan fingerprint density at radius 2 is 1.84 bits per heavy atom. The zero-order valence-corrected chi connectivity index (χ0v) is 25.5. The lowest BCUT2D eigenvalue weighted by molar-refractivity contribution is 0.0696. The van der Waals surface area contributed by atoms with Crippen LogP contribution in [0.3, 0.4) is 0 Å². The molecule has 6 rings (SSSR count). The van der Waals surface area contributed by atoms with Crippen LogP contribution in [0.15, 0.2) is 54.7 Å². The van der Waals surface area contributed by atoms with Crippen LogP contribution < -0.4 is 4.74 Å². The smallest absolute Gasteiger partial charge is 0.335 e. The van der Waals surface area contributed by atoms with Gasteiger partial charge in [-0.2, -0.15) is 4.98 Å². The minimum absolute atomic E-state index is 0.0215. The van der Waals surface area contributed by atoms with Crippen LogP contribution in [0.1, 0.15) is 47.2 Å². The average Bonchev–Trinajstić information content (AvgIpc) is 3.52. The first-order chi connectivity index (χ1) is 21.4. The van der Waals surface area contributed by atoms with Gasteiger partial charge in [-0.25, -0.2) is 27.9 Å². The molecule has 0 unspecified atom stereocenters. The maximum Gasteiger partial charge on any atom is 0.335 e. The monoisotopic (exact) mass is 656 g/mol. The molecule has 1 N–H and O–H groups in total. The van der Waals surface area contributed by atoms with Gasteiger partial charge in [0, 0.05) is 39.2 Å². The predicted molar refractivity (Wildman–Crippen MR) is 161 cm³/mol. The Morgan fingerprint density at radius 3 is 2.56 bits per heavy atom. The van der Waals surface area contributed by atoms with Gasteiger partial charge in [-0.1, -0.05) is 43.1 Å². The molecule has 0 spiro atoms. The predicted octanol–water partition coefficient (Wildman–Crippen LogP) is 7.68. The molecule has 1 aliphatic rings. The second-order valence-corrected chi connectivity index (χ2v) is 12.2. The summed E-state index contributed by atoms with van der Waals surface area (Å²) in [5.74, 6) is -3.40. The molecule has 232 valence electrons. The molecule has 0 aliphatic carbocycles.